The van der Waals surface area contributed by atoms with Crippen LogP contribution in [-0.2, 0) is 6.42 Å². The Kier molecular flexibility index (Phi) is 4.72. The van der Waals surface area contributed by atoms with E-state index in [1.165, 1.54) is 16.6 Å². The third-order valence-corrected chi connectivity index (χ3v) is 6.54. The molecule has 2 aliphatic heterocycles. The molecule has 1 saturated heterocycles. The molecule has 0 saturated carbocycles. The van der Waals surface area contributed by atoms with Gasteiger partial charge in [0.15, 0.2) is 0 Å². The zero-order valence-corrected chi connectivity index (χ0v) is 17.1. The molecule has 0 aliphatic carbocycles. The molecule has 5 nitrogen and oxygen atoms in total. The van der Waals surface area contributed by atoms with Crippen LogP contribution < -0.4 is 10.1 Å². The summed E-state index contributed by atoms with van der Waals surface area (Å²) in [6.45, 7) is 2.06. The number of methoxy groups -OCH3 is 1. The summed E-state index contributed by atoms with van der Waals surface area (Å²) in [5.74, 6) is 0.835. The third kappa shape index (κ3) is 3.38. The number of nitrogens with one attached hydrogen (secondary N) is 2. The number of carbonyl (C=O) groups is 1. The highest BCUT2D eigenvalue weighted by atomic mass is 35.5. The number of H-pyrrole nitrogens is 1. The predicted molar refractivity (Wildman–Crippen MR) is 115 cm³/mol. The highest BCUT2D eigenvalue weighted by Crippen LogP contribution is 2.40. The number of nitrogens with zero attached hydrogens (tertiary/aromatic N) is 1. The van der Waals surface area contributed by atoms with Gasteiger partial charge in [-0.3, -0.25) is 9.69 Å². The summed E-state index contributed by atoms with van der Waals surface area (Å²) in [5.41, 5.74) is 4.49. The molecule has 1 aromatic heterocycles. The Morgan fingerprint density at radius 3 is 2.83 bits per heavy atom. The van der Waals surface area contributed by atoms with Crippen molar-refractivity contribution in [3.63, 3.8) is 0 Å². The van der Waals surface area contributed by atoms with E-state index in [2.05, 4.69) is 27.3 Å². The fourth-order valence-electron chi connectivity index (χ4n) is 4.77. The van der Waals surface area contributed by atoms with E-state index in [4.69, 9.17) is 16.3 Å². The summed E-state index contributed by atoms with van der Waals surface area (Å²) in [5, 5.41) is 5.15. The first-order chi connectivity index (χ1) is 14.1. The molecule has 2 N–H and O–H groups in total. The van der Waals surface area contributed by atoms with Gasteiger partial charge in [0.1, 0.15) is 5.75 Å². The van der Waals surface area contributed by atoms with Crippen LogP contribution in [-0.4, -0.2) is 42.0 Å². The van der Waals surface area contributed by atoms with Gasteiger partial charge < -0.3 is 15.0 Å². The van der Waals surface area contributed by atoms with Crippen molar-refractivity contribution in [3.05, 3.63) is 64.3 Å². The van der Waals surface area contributed by atoms with Crippen molar-refractivity contribution in [2.45, 2.75) is 31.3 Å². The molecule has 0 bridgehead atoms. The lowest BCUT2D eigenvalue weighted by Gasteiger charge is -2.42. The molecule has 2 atom stereocenters. The number of ether oxygens (including phenoxy) is 1. The molecule has 0 spiro atoms. The van der Waals surface area contributed by atoms with Gasteiger partial charge in [-0.25, -0.2) is 0 Å². The Balaban J connectivity index is 1.38. The molecule has 5 rings (SSSR count). The monoisotopic (exact) mass is 409 g/mol. The number of fused-ring (bicyclic) bond motifs is 5. The van der Waals surface area contributed by atoms with Gasteiger partial charge in [-0.05, 0) is 61.2 Å². The van der Waals surface area contributed by atoms with Crippen LogP contribution in [0.5, 0.6) is 5.75 Å². The van der Waals surface area contributed by atoms with Crippen LogP contribution in [0, 0.1) is 0 Å². The smallest absolute Gasteiger partial charge is 0.251 e. The van der Waals surface area contributed by atoms with Crippen LogP contribution in [0.1, 0.15) is 40.5 Å². The number of hydrogen-bond donors (Lipinski definition) is 2. The lowest BCUT2D eigenvalue weighted by atomic mass is 9.88. The molecule has 1 amide bonds. The van der Waals surface area contributed by atoms with Gasteiger partial charge in [0.2, 0.25) is 0 Å². The Morgan fingerprint density at radius 2 is 2.03 bits per heavy atom. The molecule has 0 radical (unpaired) electrons. The number of benzene rings is 2. The van der Waals surface area contributed by atoms with Crippen molar-refractivity contribution in [2.24, 2.45) is 0 Å². The number of carbonyl (C=O) groups excluding carboxylic acids is 1. The van der Waals surface area contributed by atoms with Gasteiger partial charge in [-0.2, -0.15) is 0 Å². The Bertz CT molecular complexity index is 1060. The molecule has 3 heterocycles. The fraction of sp³-hybridized carbons (Fsp3) is 0.348. The number of piperidine rings is 1. The highest BCUT2D eigenvalue weighted by molar-refractivity contribution is 6.30. The lowest BCUT2D eigenvalue weighted by Crippen LogP contribution is -2.48. The maximum Gasteiger partial charge on any atom is 0.251 e. The summed E-state index contributed by atoms with van der Waals surface area (Å²) in [6.07, 6.45) is 2.94. The van der Waals surface area contributed by atoms with Crippen LogP contribution in [0.25, 0.3) is 10.9 Å². The van der Waals surface area contributed by atoms with E-state index in [9.17, 15) is 4.79 Å². The first-order valence-electron chi connectivity index (χ1n) is 10.1. The first-order valence-corrected chi connectivity index (χ1v) is 10.5. The largest absolute Gasteiger partial charge is 0.497 e. The molecular weight excluding hydrogens is 386 g/mol. The normalized spacial score (nSPS) is 21.4. The minimum atomic E-state index is -0.0301. The van der Waals surface area contributed by atoms with Crippen molar-refractivity contribution in [2.75, 3.05) is 20.2 Å². The number of aromatic nitrogens is 1. The Hall–Kier alpha value is -2.50. The number of rotatable bonds is 3. The lowest BCUT2D eigenvalue weighted by molar-refractivity contribution is 0.0839. The van der Waals surface area contributed by atoms with E-state index in [-0.39, 0.29) is 11.9 Å². The average Bonchev–Trinajstić information content (AvgIpc) is 3.12. The van der Waals surface area contributed by atoms with Gasteiger partial charge >= 0.3 is 0 Å². The van der Waals surface area contributed by atoms with Crippen molar-refractivity contribution in [3.8, 4) is 5.75 Å². The average molecular weight is 410 g/mol. The van der Waals surface area contributed by atoms with Crippen molar-refractivity contribution >= 4 is 28.4 Å². The van der Waals surface area contributed by atoms with E-state index >= 15 is 0 Å². The molecule has 2 aliphatic rings. The number of aromatic amines is 1. The Morgan fingerprint density at radius 1 is 1.21 bits per heavy atom. The van der Waals surface area contributed by atoms with Crippen molar-refractivity contribution in [1.29, 1.82) is 0 Å². The molecule has 150 valence electrons. The van der Waals surface area contributed by atoms with E-state index < -0.39 is 0 Å². The standard InChI is InChI=1S/C23H24ClN3O2/c1-29-17-6-7-18-19-9-11-27-10-8-16(12-21(27)22(19)26-20(18)13-17)25-23(28)14-2-4-15(24)5-3-14/h2-7,13,16,21,26H,8-12H2,1H3,(H,25,28). The molecule has 29 heavy (non-hydrogen) atoms. The van der Waals surface area contributed by atoms with E-state index in [0.717, 1.165) is 43.6 Å². The minimum Gasteiger partial charge on any atom is -0.497 e. The predicted octanol–water partition coefficient (Wildman–Crippen LogP) is 4.32. The summed E-state index contributed by atoms with van der Waals surface area (Å²) in [6, 6.07) is 13.8. The maximum absolute atomic E-state index is 12.7. The topological polar surface area (TPSA) is 57.4 Å². The molecule has 3 aromatic rings. The van der Waals surface area contributed by atoms with Gasteiger partial charge in [-0.15, -0.1) is 0 Å². The van der Waals surface area contributed by atoms with Crippen LogP contribution in [0.3, 0.4) is 0 Å². The fourth-order valence-corrected chi connectivity index (χ4v) is 4.90. The molecule has 6 heteroatoms. The molecular formula is C23H24ClN3O2. The van der Waals surface area contributed by atoms with Gasteiger partial charge in [0.25, 0.3) is 5.91 Å². The highest BCUT2D eigenvalue weighted by Gasteiger charge is 2.36. The van der Waals surface area contributed by atoms with Gasteiger partial charge in [-0.1, -0.05) is 11.6 Å². The maximum atomic E-state index is 12.7. The second-order valence-corrected chi connectivity index (χ2v) is 8.37. The second-order valence-electron chi connectivity index (χ2n) is 7.93. The van der Waals surface area contributed by atoms with Gasteiger partial charge in [0, 0.05) is 52.4 Å². The van der Waals surface area contributed by atoms with E-state index in [0.29, 0.717) is 16.6 Å². The van der Waals surface area contributed by atoms with E-state index in [1.54, 1.807) is 31.4 Å². The molecule has 2 unspecified atom stereocenters. The van der Waals surface area contributed by atoms with Crippen LogP contribution in [0.15, 0.2) is 42.5 Å². The quantitative estimate of drug-likeness (QED) is 0.677. The van der Waals surface area contributed by atoms with Crippen LogP contribution in [0.4, 0.5) is 0 Å². The zero-order valence-electron chi connectivity index (χ0n) is 16.4. The third-order valence-electron chi connectivity index (χ3n) is 6.28. The first kappa shape index (κ1) is 18.5. The van der Waals surface area contributed by atoms with Crippen molar-refractivity contribution < 1.29 is 9.53 Å². The van der Waals surface area contributed by atoms with Gasteiger partial charge in [0.05, 0.1) is 13.2 Å². The summed E-state index contributed by atoms with van der Waals surface area (Å²) < 4.78 is 5.38. The van der Waals surface area contributed by atoms with Crippen LogP contribution in [0.2, 0.25) is 5.02 Å². The SMILES string of the molecule is COc1ccc2c3c([nH]c2c1)C1CC(NC(=O)c2ccc(Cl)cc2)CCN1CC3. The zero-order chi connectivity index (χ0) is 20.0. The van der Waals surface area contributed by atoms with E-state index in [1.807, 2.05) is 6.07 Å². The molecule has 1 fully saturated rings. The number of hydrogen-bond acceptors (Lipinski definition) is 3. The minimum absolute atomic E-state index is 0.0301. The number of halogens is 1. The van der Waals surface area contributed by atoms with Crippen LogP contribution >= 0.6 is 11.6 Å². The van der Waals surface area contributed by atoms with Crippen molar-refractivity contribution in [1.82, 2.24) is 15.2 Å². The summed E-state index contributed by atoms with van der Waals surface area (Å²) >= 11 is 5.94. The summed E-state index contributed by atoms with van der Waals surface area (Å²) in [7, 11) is 1.70. The molecule has 2 aromatic carbocycles. The number of amides is 1. The second kappa shape index (κ2) is 7.39. The Labute approximate surface area is 175 Å². The summed E-state index contributed by atoms with van der Waals surface area (Å²) in [4.78, 5) is 18.8.